The van der Waals surface area contributed by atoms with Crippen molar-refractivity contribution in [1.29, 1.82) is 0 Å². The van der Waals surface area contributed by atoms with Gasteiger partial charge in [-0.05, 0) is 30.5 Å². The zero-order valence-corrected chi connectivity index (χ0v) is 14.0. The van der Waals surface area contributed by atoms with E-state index in [-0.39, 0.29) is 11.9 Å². The number of piperidine rings is 1. The van der Waals surface area contributed by atoms with E-state index in [4.69, 9.17) is 0 Å². The molecule has 0 spiro atoms. The molecule has 1 aliphatic heterocycles. The average Bonchev–Trinajstić information content (AvgIpc) is 3.37. The van der Waals surface area contributed by atoms with Crippen LogP contribution in [0, 0.1) is 0 Å². The Morgan fingerprint density at radius 2 is 1.84 bits per heavy atom. The van der Waals surface area contributed by atoms with Gasteiger partial charge < -0.3 is 4.90 Å². The minimum absolute atomic E-state index is 0.0896. The van der Waals surface area contributed by atoms with Crippen molar-refractivity contribution in [3.63, 3.8) is 0 Å². The Labute approximate surface area is 146 Å². The predicted octanol–water partition coefficient (Wildman–Crippen LogP) is 2.53. The number of aromatic nitrogens is 4. The highest BCUT2D eigenvalue weighted by molar-refractivity contribution is 5.83. The normalized spacial score (nSPS) is 18.9. The molecule has 0 aliphatic carbocycles. The van der Waals surface area contributed by atoms with Crippen molar-refractivity contribution >= 4 is 5.91 Å². The molecule has 3 heterocycles. The van der Waals surface area contributed by atoms with Gasteiger partial charge in [-0.25, -0.2) is 0 Å². The first-order chi connectivity index (χ1) is 12.3. The van der Waals surface area contributed by atoms with Crippen LogP contribution in [0.25, 0.3) is 0 Å². The number of carbonyl (C=O) groups is 1. The Bertz CT molecular complexity index is 798. The van der Waals surface area contributed by atoms with Gasteiger partial charge in [0.25, 0.3) is 5.91 Å². The maximum Gasteiger partial charge on any atom is 0.252 e. The third-order valence-corrected chi connectivity index (χ3v) is 4.75. The lowest BCUT2D eigenvalue weighted by atomic mass is 10.0. The van der Waals surface area contributed by atoms with Gasteiger partial charge in [-0.2, -0.15) is 10.2 Å². The summed E-state index contributed by atoms with van der Waals surface area (Å²) < 4.78 is 3.71. The Balaban J connectivity index is 1.60. The summed E-state index contributed by atoms with van der Waals surface area (Å²) in [6, 6.07) is 13.4. The van der Waals surface area contributed by atoms with Crippen LogP contribution in [0.1, 0.15) is 30.5 Å². The molecule has 6 heteroatoms. The zero-order chi connectivity index (χ0) is 17.1. The Morgan fingerprint density at radius 1 is 1.04 bits per heavy atom. The van der Waals surface area contributed by atoms with Crippen LogP contribution in [0.2, 0.25) is 0 Å². The highest BCUT2D eigenvalue weighted by atomic mass is 16.2. The Kier molecular flexibility index (Phi) is 4.33. The molecule has 0 radical (unpaired) electrons. The molecule has 6 nitrogen and oxygen atoms in total. The first-order valence-electron chi connectivity index (χ1n) is 8.65. The quantitative estimate of drug-likeness (QED) is 0.736. The summed E-state index contributed by atoms with van der Waals surface area (Å²) >= 11 is 0. The number of hydrogen-bond donors (Lipinski definition) is 0. The summed E-state index contributed by atoms with van der Waals surface area (Å²) in [6.45, 7) is 1.46. The second-order valence-corrected chi connectivity index (χ2v) is 6.37. The van der Waals surface area contributed by atoms with Crippen LogP contribution < -0.4 is 0 Å². The van der Waals surface area contributed by atoms with E-state index < -0.39 is 6.04 Å². The number of nitrogens with zero attached hydrogens (tertiary/aromatic N) is 5. The van der Waals surface area contributed by atoms with Crippen molar-refractivity contribution in [2.45, 2.75) is 24.9 Å². The Hall–Kier alpha value is -2.89. The SMILES string of the molecule is O=C([C@@H](c1ccccc1)n1cccn1)N1CCC[C@H](n2cccn2)C1. The number of benzene rings is 1. The number of amides is 1. The first-order valence-corrected chi connectivity index (χ1v) is 8.65. The lowest BCUT2D eigenvalue weighted by Crippen LogP contribution is -2.44. The lowest BCUT2D eigenvalue weighted by Gasteiger charge is -2.35. The maximum atomic E-state index is 13.3. The van der Waals surface area contributed by atoms with Crippen molar-refractivity contribution in [3.05, 3.63) is 72.8 Å². The molecule has 1 aromatic carbocycles. The van der Waals surface area contributed by atoms with Crippen LogP contribution in [-0.2, 0) is 4.79 Å². The van der Waals surface area contributed by atoms with Crippen molar-refractivity contribution < 1.29 is 4.79 Å². The molecular weight excluding hydrogens is 314 g/mol. The van der Waals surface area contributed by atoms with Gasteiger partial charge in [0, 0.05) is 37.9 Å². The van der Waals surface area contributed by atoms with E-state index in [9.17, 15) is 4.79 Å². The molecule has 1 saturated heterocycles. The van der Waals surface area contributed by atoms with Gasteiger partial charge in [-0.15, -0.1) is 0 Å². The van der Waals surface area contributed by atoms with E-state index >= 15 is 0 Å². The summed E-state index contributed by atoms with van der Waals surface area (Å²) in [4.78, 5) is 15.3. The second-order valence-electron chi connectivity index (χ2n) is 6.37. The third kappa shape index (κ3) is 3.20. The summed E-state index contributed by atoms with van der Waals surface area (Å²) in [7, 11) is 0. The highest BCUT2D eigenvalue weighted by Gasteiger charge is 2.31. The van der Waals surface area contributed by atoms with Crippen molar-refractivity contribution in [1.82, 2.24) is 24.5 Å². The monoisotopic (exact) mass is 335 g/mol. The van der Waals surface area contributed by atoms with E-state index in [1.807, 2.05) is 64.4 Å². The molecule has 0 saturated carbocycles. The standard InChI is InChI=1S/C19H21N5O/c25-19(22-12-4-9-17(15-22)23-13-5-10-20-23)18(24-14-6-11-21-24)16-7-2-1-3-8-16/h1-3,5-8,10-11,13-14,17-18H,4,9,12,15H2/t17-,18+/m0/s1. The van der Waals surface area contributed by atoms with Gasteiger partial charge in [-0.1, -0.05) is 30.3 Å². The first kappa shape index (κ1) is 15.6. The molecule has 4 rings (SSSR count). The molecule has 0 bridgehead atoms. The predicted molar refractivity (Wildman–Crippen MR) is 93.9 cm³/mol. The minimum Gasteiger partial charge on any atom is -0.338 e. The number of hydrogen-bond acceptors (Lipinski definition) is 3. The van der Waals surface area contributed by atoms with Gasteiger partial charge in [0.2, 0.25) is 0 Å². The van der Waals surface area contributed by atoms with Gasteiger partial charge in [0.15, 0.2) is 6.04 Å². The molecule has 1 aliphatic rings. The van der Waals surface area contributed by atoms with Crippen LogP contribution in [0.15, 0.2) is 67.3 Å². The van der Waals surface area contributed by atoms with Gasteiger partial charge >= 0.3 is 0 Å². The fourth-order valence-corrected chi connectivity index (χ4v) is 3.52. The molecule has 1 fully saturated rings. The Morgan fingerprint density at radius 3 is 2.56 bits per heavy atom. The van der Waals surface area contributed by atoms with E-state index in [0.29, 0.717) is 6.54 Å². The lowest BCUT2D eigenvalue weighted by molar-refractivity contribution is -0.135. The van der Waals surface area contributed by atoms with Crippen molar-refractivity contribution in [2.24, 2.45) is 0 Å². The second kappa shape index (κ2) is 6.93. The smallest absolute Gasteiger partial charge is 0.252 e. The largest absolute Gasteiger partial charge is 0.338 e. The third-order valence-electron chi connectivity index (χ3n) is 4.75. The van der Waals surface area contributed by atoms with Crippen LogP contribution in [-0.4, -0.2) is 43.5 Å². The zero-order valence-electron chi connectivity index (χ0n) is 14.0. The minimum atomic E-state index is -0.424. The van der Waals surface area contributed by atoms with Crippen LogP contribution in [0.5, 0.6) is 0 Å². The molecule has 3 aromatic rings. The summed E-state index contributed by atoms with van der Waals surface area (Å²) in [5.74, 6) is 0.0896. The van der Waals surface area contributed by atoms with Gasteiger partial charge in [-0.3, -0.25) is 14.2 Å². The topological polar surface area (TPSA) is 56.0 Å². The molecular formula is C19H21N5O. The van der Waals surface area contributed by atoms with Crippen molar-refractivity contribution in [2.75, 3.05) is 13.1 Å². The van der Waals surface area contributed by atoms with Crippen LogP contribution >= 0.6 is 0 Å². The van der Waals surface area contributed by atoms with E-state index in [1.54, 1.807) is 17.1 Å². The molecule has 128 valence electrons. The molecule has 1 amide bonds. The fourth-order valence-electron chi connectivity index (χ4n) is 3.52. The number of carbonyl (C=O) groups excluding carboxylic acids is 1. The summed E-state index contributed by atoms with van der Waals surface area (Å²) in [5, 5.41) is 8.68. The summed E-state index contributed by atoms with van der Waals surface area (Å²) in [5.41, 5.74) is 0.956. The molecule has 2 atom stereocenters. The molecule has 2 aromatic heterocycles. The van der Waals surface area contributed by atoms with Gasteiger partial charge in [0.05, 0.1) is 6.04 Å². The number of rotatable bonds is 4. The summed E-state index contributed by atoms with van der Waals surface area (Å²) in [6.07, 6.45) is 9.36. The van der Waals surface area contributed by atoms with Crippen LogP contribution in [0.3, 0.4) is 0 Å². The van der Waals surface area contributed by atoms with E-state index in [2.05, 4.69) is 10.2 Å². The highest BCUT2D eigenvalue weighted by Crippen LogP contribution is 2.26. The fraction of sp³-hybridized carbons (Fsp3) is 0.316. The van der Waals surface area contributed by atoms with Crippen molar-refractivity contribution in [3.8, 4) is 0 Å². The van der Waals surface area contributed by atoms with E-state index in [0.717, 1.165) is 24.9 Å². The molecule has 0 N–H and O–H groups in total. The maximum absolute atomic E-state index is 13.3. The average molecular weight is 335 g/mol. The molecule has 25 heavy (non-hydrogen) atoms. The van der Waals surface area contributed by atoms with E-state index in [1.165, 1.54) is 0 Å². The molecule has 0 unspecified atom stereocenters. The van der Waals surface area contributed by atoms with Crippen LogP contribution in [0.4, 0.5) is 0 Å². The van der Waals surface area contributed by atoms with Gasteiger partial charge in [0.1, 0.15) is 0 Å². The number of likely N-dealkylation sites (tertiary alicyclic amines) is 1.